The van der Waals surface area contributed by atoms with Crippen molar-refractivity contribution < 1.29 is 0 Å². The Kier molecular flexibility index (Phi) is 5.44. The van der Waals surface area contributed by atoms with Crippen molar-refractivity contribution in [2.45, 2.75) is 46.0 Å². The second-order valence-corrected chi connectivity index (χ2v) is 6.54. The number of aryl methyl sites for hydroxylation is 1. The molecule has 0 saturated heterocycles. The maximum Gasteiger partial charge on any atom is 0.0627 e. The molecule has 3 heteroatoms. The summed E-state index contributed by atoms with van der Waals surface area (Å²) in [7, 11) is 2.01. The van der Waals surface area contributed by atoms with Crippen molar-refractivity contribution in [3.8, 4) is 0 Å². The molecule has 1 atom stereocenters. The Bertz CT molecular complexity index is 364. The van der Waals surface area contributed by atoms with Crippen LogP contribution in [0.3, 0.4) is 0 Å². The Morgan fingerprint density at radius 2 is 2.05 bits per heavy atom. The average molecular weight is 263 g/mol. The first kappa shape index (κ1) is 14.6. The molecular weight excluding hydrogens is 234 g/mol. The Balaban J connectivity index is 1.89. The fraction of sp³-hybridized carbons (Fsp3) is 0.812. The molecule has 0 spiro atoms. The summed E-state index contributed by atoms with van der Waals surface area (Å²) >= 11 is 0. The summed E-state index contributed by atoms with van der Waals surface area (Å²) in [6, 6.07) is 2.17. The maximum atomic E-state index is 4.55. The molecule has 0 bridgehead atoms. The van der Waals surface area contributed by atoms with Crippen LogP contribution in [0.1, 0.15) is 45.2 Å². The zero-order valence-electron chi connectivity index (χ0n) is 12.7. The van der Waals surface area contributed by atoms with Gasteiger partial charge in [-0.15, -0.1) is 0 Å². The van der Waals surface area contributed by atoms with Crippen molar-refractivity contribution in [1.82, 2.24) is 15.1 Å². The number of hydrogen-bond donors (Lipinski definition) is 1. The predicted octanol–water partition coefficient (Wildman–Crippen LogP) is 3.01. The lowest BCUT2D eigenvalue weighted by Crippen LogP contribution is -2.31. The molecule has 1 N–H and O–H groups in total. The Morgan fingerprint density at radius 1 is 1.32 bits per heavy atom. The van der Waals surface area contributed by atoms with Gasteiger partial charge in [0.25, 0.3) is 0 Å². The van der Waals surface area contributed by atoms with Gasteiger partial charge in [0.2, 0.25) is 0 Å². The summed E-state index contributed by atoms with van der Waals surface area (Å²) in [6.45, 7) is 6.83. The molecule has 1 aliphatic carbocycles. The number of aromatic nitrogens is 2. The number of nitrogens with one attached hydrogen (secondary N) is 1. The smallest absolute Gasteiger partial charge is 0.0627 e. The van der Waals surface area contributed by atoms with E-state index in [0.717, 1.165) is 37.3 Å². The molecule has 19 heavy (non-hydrogen) atoms. The summed E-state index contributed by atoms with van der Waals surface area (Å²) in [4.78, 5) is 0. The molecule has 0 aromatic carbocycles. The van der Waals surface area contributed by atoms with Crippen LogP contribution >= 0.6 is 0 Å². The molecule has 1 heterocycles. The second-order valence-electron chi connectivity index (χ2n) is 6.54. The van der Waals surface area contributed by atoms with E-state index in [2.05, 4.69) is 36.5 Å². The highest BCUT2D eigenvalue weighted by molar-refractivity contribution is 5.01. The number of nitrogens with zero attached hydrogens (tertiary/aromatic N) is 2. The third kappa shape index (κ3) is 4.64. The molecule has 1 aromatic heterocycles. The number of hydrogen-bond acceptors (Lipinski definition) is 2. The van der Waals surface area contributed by atoms with E-state index in [1.54, 1.807) is 0 Å². The molecule has 1 unspecified atom stereocenters. The maximum absolute atomic E-state index is 4.55. The fourth-order valence-corrected chi connectivity index (χ4v) is 3.23. The molecule has 108 valence electrons. The summed E-state index contributed by atoms with van der Waals surface area (Å²) < 4.78 is 1.92. The minimum atomic E-state index is 0.735. The minimum Gasteiger partial charge on any atom is -0.316 e. The van der Waals surface area contributed by atoms with Crippen LogP contribution in [-0.4, -0.2) is 22.9 Å². The van der Waals surface area contributed by atoms with Crippen molar-refractivity contribution >= 4 is 0 Å². The zero-order valence-corrected chi connectivity index (χ0v) is 12.7. The van der Waals surface area contributed by atoms with Crippen molar-refractivity contribution in [3.63, 3.8) is 0 Å². The Labute approximate surface area is 117 Å². The largest absolute Gasteiger partial charge is 0.316 e. The zero-order chi connectivity index (χ0) is 13.7. The molecule has 1 aliphatic rings. The normalized spacial score (nSPS) is 18.3. The van der Waals surface area contributed by atoms with Gasteiger partial charge in [-0.3, -0.25) is 4.68 Å². The van der Waals surface area contributed by atoms with Gasteiger partial charge >= 0.3 is 0 Å². The third-order valence-corrected chi connectivity index (χ3v) is 4.27. The van der Waals surface area contributed by atoms with Gasteiger partial charge in [0.05, 0.1) is 5.69 Å². The van der Waals surface area contributed by atoms with Crippen molar-refractivity contribution in [2.75, 3.05) is 13.1 Å². The monoisotopic (exact) mass is 263 g/mol. The van der Waals surface area contributed by atoms with Crippen molar-refractivity contribution in [3.05, 3.63) is 18.0 Å². The van der Waals surface area contributed by atoms with Crippen LogP contribution in [-0.2, 0) is 13.5 Å². The second kappa shape index (κ2) is 7.09. The number of rotatable bonds is 7. The lowest BCUT2D eigenvalue weighted by atomic mass is 9.87. The quantitative estimate of drug-likeness (QED) is 0.819. The van der Waals surface area contributed by atoms with Crippen LogP contribution in [0.4, 0.5) is 0 Å². The highest BCUT2D eigenvalue weighted by atomic mass is 15.2. The highest BCUT2D eigenvalue weighted by Crippen LogP contribution is 2.32. The molecule has 3 nitrogen and oxygen atoms in total. The topological polar surface area (TPSA) is 29.9 Å². The molecule has 1 aromatic rings. The Morgan fingerprint density at radius 3 is 2.63 bits per heavy atom. The van der Waals surface area contributed by atoms with Gasteiger partial charge in [0.1, 0.15) is 0 Å². The van der Waals surface area contributed by atoms with E-state index in [9.17, 15) is 0 Å². The summed E-state index contributed by atoms with van der Waals surface area (Å²) in [5.41, 5.74) is 1.26. The third-order valence-electron chi connectivity index (χ3n) is 4.27. The molecule has 0 amide bonds. The van der Waals surface area contributed by atoms with E-state index >= 15 is 0 Å². The average Bonchev–Trinajstić information content (AvgIpc) is 2.98. The lowest BCUT2D eigenvalue weighted by Gasteiger charge is -2.23. The van der Waals surface area contributed by atoms with Crippen LogP contribution in [0.25, 0.3) is 0 Å². The molecule has 1 saturated carbocycles. The van der Waals surface area contributed by atoms with Crippen LogP contribution in [0.15, 0.2) is 12.3 Å². The van der Waals surface area contributed by atoms with E-state index in [1.807, 2.05) is 11.7 Å². The predicted molar refractivity (Wildman–Crippen MR) is 80.1 cm³/mol. The first-order chi connectivity index (χ1) is 9.15. The van der Waals surface area contributed by atoms with E-state index < -0.39 is 0 Å². The molecular formula is C16H29N3. The lowest BCUT2D eigenvalue weighted by molar-refractivity contribution is 0.313. The van der Waals surface area contributed by atoms with E-state index in [-0.39, 0.29) is 0 Å². The van der Waals surface area contributed by atoms with Gasteiger partial charge in [-0.1, -0.05) is 39.5 Å². The van der Waals surface area contributed by atoms with Crippen molar-refractivity contribution in [2.24, 2.45) is 24.8 Å². The standard InChI is InChI=1S/C16H29N3/c1-13(2)11-17-12-15(14-6-4-5-7-14)10-16-8-9-19(3)18-16/h8-9,13-15,17H,4-7,10-12H2,1-3H3. The van der Waals surface area contributed by atoms with Gasteiger partial charge in [0, 0.05) is 13.2 Å². The van der Waals surface area contributed by atoms with Crippen LogP contribution in [0.5, 0.6) is 0 Å². The molecule has 1 fully saturated rings. The summed E-state index contributed by atoms with van der Waals surface area (Å²) in [6.07, 6.45) is 8.88. The molecule has 2 rings (SSSR count). The summed E-state index contributed by atoms with van der Waals surface area (Å²) in [5, 5.41) is 8.21. The summed E-state index contributed by atoms with van der Waals surface area (Å²) in [5.74, 6) is 2.40. The Hall–Kier alpha value is -0.830. The van der Waals surface area contributed by atoms with Crippen LogP contribution < -0.4 is 5.32 Å². The first-order valence-electron chi connectivity index (χ1n) is 7.84. The van der Waals surface area contributed by atoms with Gasteiger partial charge in [-0.25, -0.2) is 0 Å². The van der Waals surface area contributed by atoms with E-state index in [1.165, 1.54) is 31.4 Å². The van der Waals surface area contributed by atoms with Gasteiger partial charge in [0.15, 0.2) is 0 Å². The van der Waals surface area contributed by atoms with Gasteiger partial charge in [-0.2, -0.15) is 5.10 Å². The van der Waals surface area contributed by atoms with E-state index in [0.29, 0.717) is 0 Å². The molecule has 0 radical (unpaired) electrons. The van der Waals surface area contributed by atoms with Crippen LogP contribution in [0.2, 0.25) is 0 Å². The SMILES string of the molecule is CC(C)CNCC(Cc1ccn(C)n1)C1CCCC1. The molecule has 0 aliphatic heterocycles. The van der Waals surface area contributed by atoms with Gasteiger partial charge < -0.3 is 5.32 Å². The highest BCUT2D eigenvalue weighted by Gasteiger charge is 2.25. The van der Waals surface area contributed by atoms with E-state index in [4.69, 9.17) is 0 Å². The van der Waals surface area contributed by atoms with Crippen LogP contribution in [0, 0.1) is 17.8 Å². The van der Waals surface area contributed by atoms with Gasteiger partial charge in [-0.05, 0) is 43.3 Å². The fourth-order valence-electron chi connectivity index (χ4n) is 3.23. The van der Waals surface area contributed by atoms with Crippen molar-refractivity contribution in [1.29, 1.82) is 0 Å². The minimum absolute atomic E-state index is 0.735. The first-order valence-corrected chi connectivity index (χ1v) is 7.84.